The number of nitriles is 1. The number of guanidine groups is 1. The zero-order chi connectivity index (χ0) is 16.5. The molecule has 5 nitrogen and oxygen atoms in total. The second-order valence-corrected chi connectivity index (χ2v) is 4.79. The third-order valence-corrected chi connectivity index (χ3v) is 3.10. The molecule has 126 valence electrons. The highest BCUT2D eigenvalue weighted by molar-refractivity contribution is 14.0. The van der Waals surface area contributed by atoms with Gasteiger partial charge in [-0.25, -0.2) is 9.38 Å². The lowest BCUT2D eigenvalue weighted by atomic mass is 10.1. The fourth-order valence-corrected chi connectivity index (χ4v) is 1.93. The summed E-state index contributed by atoms with van der Waals surface area (Å²) in [5.74, 6) is 0.162. The van der Waals surface area contributed by atoms with Crippen LogP contribution in [0.15, 0.2) is 47.6 Å². The van der Waals surface area contributed by atoms with Gasteiger partial charge in [0.05, 0.1) is 30.4 Å². The molecule has 0 aliphatic rings. The van der Waals surface area contributed by atoms with Crippen LogP contribution in [0.2, 0.25) is 0 Å². The molecule has 1 aromatic carbocycles. The van der Waals surface area contributed by atoms with Crippen LogP contribution in [0.1, 0.15) is 23.7 Å². The lowest BCUT2D eigenvalue weighted by molar-refractivity contribution is 0.609. The molecular weight excluding hydrogens is 420 g/mol. The van der Waals surface area contributed by atoms with Gasteiger partial charge in [-0.1, -0.05) is 12.1 Å². The molecule has 2 rings (SSSR count). The fourth-order valence-electron chi connectivity index (χ4n) is 1.93. The van der Waals surface area contributed by atoms with Crippen LogP contribution >= 0.6 is 24.0 Å². The zero-order valence-electron chi connectivity index (χ0n) is 13.3. The Morgan fingerprint density at radius 1 is 1.29 bits per heavy atom. The minimum Gasteiger partial charge on any atom is -0.357 e. The number of hydrogen-bond acceptors (Lipinski definition) is 3. The van der Waals surface area contributed by atoms with Crippen LogP contribution < -0.4 is 10.6 Å². The van der Waals surface area contributed by atoms with Crippen LogP contribution in [0, 0.1) is 17.1 Å². The molecule has 2 N–H and O–H groups in total. The predicted octanol–water partition coefficient (Wildman–Crippen LogP) is 2.97. The maximum absolute atomic E-state index is 13.9. The number of nitrogens with one attached hydrogen (secondary N) is 2. The summed E-state index contributed by atoms with van der Waals surface area (Å²) >= 11 is 0. The molecule has 0 aliphatic heterocycles. The van der Waals surface area contributed by atoms with E-state index >= 15 is 0 Å². The number of aromatic nitrogens is 1. The molecule has 0 amide bonds. The van der Waals surface area contributed by atoms with Gasteiger partial charge >= 0.3 is 0 Å². The van der Waals surface area contributed by atoms with Crippen molar-refractivity contribution in [1.82, 2.24) is 15.6 Å². The Balaban J connectivity index is 0.00000288. The molecule has 1 aromatic heterocycles. The van der Waals surface area contributed by atoms with Crippen LogP contribution in [-0.4, -0.2) is 17.5 Å². The molecule has 0 atom stereocenters. The number of rotatable bonds is 5. The number of benzene rings is 1. The maximum Gasteiger partial charge on any atom is 0.191 e. The van der Waals surface area contributed by atoms with Crippen molar-refractivity contribution >= 4 is 29.9 Å². The second kappa shape index (κ2) is 10.5. The molecule has 0 aliphatic carbocycles. The Hall–Kier alpha value is -2.21. The fraction of sp³-hybridized carbons (Fsp3) is 0.235. The Labute approximate surface area is 158 Å². The third-order valence-electron chi connectivity index (χ3n) is 3.10. The molecule has 1 heterocycles. The summed E-state index contributed by atoms with van der Waals surface area (Å²) in [6.45, 7) is 3.38. The van der Waals surface area contributed by atoms with Crippen molar-refractivity contribution in [2.24, 2.45) is 4.99 Å². The van der Waals surface area contributed by atoms with Crippen molar-refractivity contribution in [3.8, 4) is 6.07 Å². The molecule has 0 saturated carbocycles. The van der Waals surface area contributed by atoms with Crippen LogP contribution in [0.25, 0.3) is 0 Å². The largest absolute Gasteiger partial charge is 0.357 e. The van der Waals surface area contributed by atoms with Gasteiger partial charge in [-0.2, -0.15) is 5.26 Å². The highest BCUT2D eigenvalue weighted by atomic mass is 127. The third kappa shape index (κ3) is 6.12. The number of hydrogen-bond donors (Lipinski definition) is 2. The van der Waals surface area contributed by atoms with E-state index in [1.165, 1.54) is 6.07 Å². The molecule has 0 radical (unpaired) electrons. The van der Waals surface area contributed by atoms with Crippen molar-refractivity contribution < 1.29 is 4.39 Å². The average Bonchev–Trinajstić information content (AvgIpc) is 2.59. The lowest BCUT2D eigenvalue weighted by Crippen LogP contribution is -2.37. The van der Waals surface area contributed by atoms with E-state index in [1.807, 2.05) is 31.2 Å². The molecular formula is C17H19FIN5. The summed E-state index contributed by atoms with van der Waals surface area (Å²) in [5.41, 5.74) is 1.64. The standard InChI is InChI=1S/C17H18FN5.HI/c1-2-20-17(23-12-15-5-3-4-8-21-15)22-11-14-7-6-13(10-19)9-16(14)18;/h3-9H,2,11-12H2,1H3,(H2,20,22,23);1H. The first-order chi connectivity index (χ1) is 11.2. The molecule has 0 unspecified atom stereocenters. The second-order valence-electron chi connectivity index (χ2n) is 4.79. The van der Waals surface area contributed by atoms with E-state index in [4.69, 9.17) is 5.26 Å². The smallest absolute Gasteiger partial charge is 0.191 e. The quantitative estimate of drug-likeness (QED) is 0.427. The number of aliphatic imine (C=N–C) groups is 1. The summed E-state index contributed by atoms with van der Waals surface area (Å²) < 4.78 is 13.9. The predicted molar refractivity (Wildman–Crippen MR) is 102 cm³/mol. The van der Waals surface area contributed by atoms with Crippen molar-refractivity contribution in [1.29, 1.82) is 5.26 Å². The van der Waals surface area contributed by atoms with Crippen LogP contribution in [0.5, 0.6) is 0 Å². The summed E-state index contributed by atoms with van der Waals surface area (Å²) in [4.78, 5) is 8.59. The van der Waals surface area contributed by atoms with Crippen LogP contribution in [0.3, 0.4) is 0 Å². The van der Waals surface area contributed by atoms with E-state index in [9.17, 15) is 4.39 Å². The first-order valence-electron chi connectivity index (χ1n) is 7.33. The maximum atomic E-state index is 13.9. The Morgan fingerprint density at radius 2 is 2.12 bits per heavy atom. The number of nitrogens with zero attached hydrogens (tertiary/aromatic N) is 3. The minimum atomic E-state index is -0.423. The Morgan fingerprint density at radius 3 is 2.75 bits per heavy atom. The highest BCUT2D eigenvalue weighted by Crippen LogP contribution is 2.11. The van der Waals surface area contributed by atoms with Crippen molar-refractivity contribution in [3.05, 3.63) is 65.2 Å². The van der Waals surface area contributed by atoms with Gasteiger partial charge in [-0.15, -0.1) is 24.0 Å². The van der Waals surface area contributed by atoms with Crippen molar-refractivity contribution in [3.63, 3.8) is 0 Å². The lowest BCUT2D eigenvalue weighted by Gasteiger charge is -2.11. The van der Waals surface area contributed by atoms with E-state index in [2.05, 4.69) is 20.6 Å². The van der Waals surface area contributed by atoms with Gasteiger partial charge in [0.1, 0.15) is 5.82 Å². The van der Waals surface area contributed by atoms with Crippen LogP contribution in [0.4, 0.5) is 4.39 Å². The molecule has 0 saturated heterocycles. The molecule has 24 heavy (non-hydrogen) atoms. The molecule has 0 spiro atoms. The van der Waals surface area contributed by atoms with E-state index in [-0.39, 0.29) is 30.5 Å². The van der Waals surface area contributed by atoms with E-state index in [0.29, 0.717) is 30.2 Å². The van der Waals surface area contributed by atoms with Gasteiger partial charge in [-0.3, -0.25) is 4.98 Å². The van der Waals surface area contributed by atoms with Crippen LogP contribution in [-0.2, 0) is 13.1 Å². The highest BCUT2D eigenvalue weighted by Gasteiger charge is 2.04. The minimum absolute atomic E-state index is 0. The monoisotopic (exact) mass is 439 g/mol. The van der Waals surface area contributed by atoms with E-state index in [1.54, 1.807) is 18.3 Å². The van der Waals surface area contributed by atoms with Crippen molar-refractivity contribution in [2.75, 3.05) is 6.54 Å². The zero-order valence-corrected chi connectivity index (χ0v) is 15.6. The van der Waals surface area contributed by atoms with Gasteiger partial charge in [0.2, 0.25) is 0 Å². The van der Waals surface area contributed by atoms with Gasteiger partial charge in [0, 0.05) is 18.3 Å². The van der Waals surface area contributed by atoms with E-state index in [0.717, 1.165) is 5.69 Å². The van der Waals surface area contributed by atoms with E-state index < -0.39 is 5.82 Å². The normalized spacial score (nSPS) is 10.5. The van der Waals surface area contributed by atoms with Gasteiger partial charge in [0.15, 0.2) is 5.96 Å². The summed E-state index contributed by atoms with van der Waals surface area (Å²) in [6.07, 6.45) is 1.73. The van der Waals surface area contributed by atoms with Gasteiger partial charge < -0.3 is 10.6 Å². The van der Waals surface area contributed by atoms with Crippen molar-refractivity contribution in [2.45, 2.75) is 20.0 Å². The molecule has 7 heteroatoms. The summed E-state index contributed by atoms with van der Waals surface area (Å²) in [5, 5.41) is 15.0. The van der Waals surface area contributed by atoms with Gasteiger partial charge in [0.25, 0.3) is 0 Å². The summed E-state index contributed by atoms with van der Waals surface area (Å²) in [6, 6.07) is 12.0. The molecule has 0 bridgehead atoms. The molecule has 0 fully saturated rings. The number of pyridine rings is 1. The SMILES string of the molecule is CCNC(=NCc1ccc(C#N)cc1F)NCc1ccccn1.I. The first-order valence-corrected chi connectivity index (χ1v) is 7.33. The molecule has 2 aromatic rings. The Bertz CT molecular complexity index is 713. The number of halogens is 2. The summed E-state index contributed by atoms with van der Waals surface area (Å²) in [7, 11) is 0. The average molecular weight is 439 g/mol. The first kappa shape index (κ1) is 19.8. The van der Waals surface area contributed by atoms with Gasteiger partial charge in [-0.05, 0) is 31.2 Å². The Kier molecular flexibility index (Phi) is 8.71. The topological polar surface area (TPSA) is 73.1 Å².